The van der Waals surface area contributed by atoms with Crippen LogP contribution in [0, 0.1) is 0 Å². The summed E-state index contributed by atoms with van der Waals surface area (Å²) in [6.07, 6.45) is 0.885. The SMILES string of the molecule is COC(=O)c1ccc(-c2nc3c(n2C)CN(Cc2cc(OC)ccc2OC)CC3)cc1. The van der Waals surface area contributed by atoms with E-state index in [9.17, 15) is 4.79 Å². The van der Waals surface area contributed by atoms with Crippen molar-refractivity contribution in [1.82, 2.24) is 14.5 Å². The summed E-state index contributed by atoms with van der Waals surface area (Å²) in [6, 6.07) is 13.3. The average molecular weight is 421 g/mol. The third kappa shape index (κ3) is 4.14. The Morgan fingerprint density at radius 2 is 1.84 bits per heavy atom. The van der Waals surface area contributed by atoms with Crippen LogP contribution >= 0.6 is 0 Å². The number of esters is 1. The number of carbonyl (C=O) groups is 1. The van der Waals surface area contributed by atoms with E-state index in [4.69, 9.17) is 19.2 Å². The standard InChI is InChI=1S/C24H27N3O4/c1-26-21-15-27(14-18-13-19(29-2)9-10-22(18)30-3)12-11-20(21)25-23(26)16-5-7-17(8-6-16)24(28)31-4/h5-10,13H,11-12,14-15H2,1-4H3. The van der Waals surface area contributed by atoms with Crippen LogP contribution in [0.5, 0.6) is 11.5 Å². The molecule has 0 fully saturated rings. The number of carbonyl (C=O) groups excluding carboxylic acids is 1. The van der Waals surface area contributed by atoms with Crippen LogP contribution in [0.4, 0.5) is 0 Å². The number of benzene rings is 2. The highest BCUT2D eigenvalue weighted by atomic mass is 16.5. The van der Waals surface area contributed by atoms with Crippen LogP contribution in [-0.4, -0.2) is 48.3 Å². The first-order valence-corrected chi connectivity index (χ1v) is 10.2. The van der Waals surface area contributed by atoms with E-state index in [1.165, 1.54) is 12.8 Å². The Kier molecular flexibility index (Phi) is 5.95. The quantitative estimate of drug-likeness (QED) is 0.568. The monoisotopic (exact) mass is 421 g/mol. The summed E-state index contributed by atoms with van der Waals surface area (Å²) in [5.41, 5.74) is 4.95. The Hall–Kier alpha value is -3.32. The second-order valence-electron chi connectivity index (χ2n) is 7.60. The van der Waals surface area contributed by atoms with Crippen molar-refractivity contribution in [1.29, 1.82) is 0 Å². The van der Waals surface area contributed by atoms with Gasteiger partial charge in [0.25, 0.3) is 0 Å². The van der Waals surface area contributed by atoms with E-state index in [1.807, 2.05) is 37.4 Å². The molecule has 0 N–H and O–H groups in total. The Morgan fingerprint density at radius 1 is 1.06 bits per heavy atom. The fourth-order valence-corrected chi connectivity index (χ4v) is 4.05. The molecule has 2 aromatic carbocycles. The van der Waals surface area contributed by atoms with Crippen molar-refractivity contribution < 1.29 is 19.0 Å². The molecule has 162 valence electrons. The van der Waals surface area contributed by atoms with Crippen molar-refractivity contribution in [3.05, 3.63) is 65.0 Å². The van der Waals surface area contributed by atoms with Crippen molar-refractivity contribution >= 4 is 5.97 Å². The average Bonchev–Trinajstić information content (AvgIpc) is 3.14. The Balaban J connectivity index is 1.56. The first kappa shape index (κ1) is 20.9. The number of nitrogens with zero attached hydrogens (tertiary/aromatic N) is 3. The lowest BCUT2D eigenvalue weighted by Crippen LogP contribution is -2.31. The number of fused-ring (bicyclic) bond motifs is 1. The number of imidazole rings is 1. The van der Waals surface area contributed by atoms with Gasteiger partial charge in [-0.05, 0) is 30.3 Å². The summed E-state index contributed by atoms with van der Waals surface area (Å²) in [6.45, 7) is 2.50. The normalized spacial score (nSPS) is 13.5. The topological polar surface area (TPSA) is 65.8 Å². The molecule has 7 nitrogen and oxygen atoms in total. The minimum Gasteiger partial charge on any atom is -0.497 e. The van der Waals surface area contributed by atoms with Crippen LogP contribution in [0.3, 0.4) is 0 Å². The first-order chi connectivity index (χ1) is 15.0. The van der Waals surface area contributed by atoms with Crippen LogP contribution in [0.1, 0.15) is 27.3 Å². The molecule has 2 heterocycles. The van der Waals surface area contributed by atoms with Gasteiger partial charge >= 0.3 is 5.97 Å². The van der Waals surface area contributed by atoms with Gasteiger partial charge in [-0.25, -0.2) is 9.78 Å². The van der Waals surface area contributed by atoms with E-state index in [1.54, 1.807) is 26.4 Å². The molecule has 3 aromatic rings. The molecule has 0 aliphatic carbocycles. The molecule has 31 heavy (non-hydrogen) atoms. The molecule has 0 saturated carbocycles. The first-order valence-electron chi connectivity index (χ1n) is 10.2. The minimum absolute atomic E-state index is 0.339. The van der Waals surface area contributed by atoms with Crippen LogP contribution in [-0.2, 0) is 31.3 Å². The van der Waals surface area contributed by atoms with Gasteiger partial charge in [0, 0.05) is 44.2 Å². The molecule has 1 aliphatic rings. The Bertz CT molecular complexity index is 1090. The summed E-state index contributed by atoms with van der Waals surface area (Å²) >= 11 is 0. The van der Waals surface area contributed by atoms with Crippen LogP contribution < -0.4 is 9.47 Å². The molecule has 0 amide bonds. The second-order valence-corrected chi connectivity index (χ2v) is 7.60. The summed E-state index contributed by atoms with van der Waals surface area (Å²) < 4.78 is 17.9. The number of aromatic nitrogens is 2. The molecule has 0 atom stereocenters. The lowest BCUT2D eigenvalue weighted by molar-refractivity contribution is 0.0600. The fraction of sp³-hybridized carbons (Fsp3) is 0.333. The van der Waals surface area contributed by atoms with Gasteiger partial charge < -0.3 is 18.8 Å². The zero-order valence-corrected chi connectivity index (χ0v) is 18.3. The number of ether oxygens (including phenoxy) is 3. The maximum atomic E-state index is 11.7. The predicted molar refractivity (Wildman–Crippen MR) is 117 cm³/mol. The van der Waals surface area contributed by atoms with Crippen molar-refractivity contribution in [3.63, 3.8) is 0 Å². The lowest BCUT2D eigenvalue weighted by atomic mass is 10.1. The summed E-state index contributed by atoms with van der Waals surface area (Å²) in [4.78, 5) is 19.0. The Morgan fingerprint density at radius 3 is 2.52 bits per heavy atom. The second kappa shape index (κ2) is 8.81. The molecule has 1 aromatic heterocycles. The van der Waals surface area contributed by atoms with Crippen molar-refractivity contribution in [2.45, 2.75) is 19.5 Å². The van der Waals surface area contributed by atoms with E-state index in [0.717, 1.165) is 60.2 Å². The van der Waals surface area contributed by atoms with Crippen molar-refractivity contribution in [2.75, 3.05) is 27.9 Å². The van der Waals surface area contributed by atoms with Crippen molar-refractivity contribution in [2.24, 2.45) is 7.05 Å². The summed E-state index contributed by atoms with van der Waals surface area (Å²) in [5, 5.41) is 0. The zero-order chi connectivity index (χ0) is 22.0. The largest absolute Gasteiger partial charge is 0.497 e. The summed E-state index contributed by atoms with van der Waals surface area (Å²) in [5.74, 6) is 2.26. The molecule has 0 radical (unpaired) electrons. The molecule has 0 saturated heterocycles. The van der Waals surface area contributed by atoms with E-state index in [-0.39, 0.29) is 5.97 Å². The number of hydrogen-bond acceptors (Lipinski definition) is 6. The van der Waals surface area contributed by atoms with E-state index in [0.29, 0.717) is 5.56 Å². The van der Waals surface area contributed by atoms with Gasteiger partial charge in [-0.1, -0.05) is 12.1 Å². The van der Waals surface area contributed by atoms with Crippen LogP contribution in [0.2, 0.25) is 0 Å². The Labute approximate surface area is 182 Å². The number of methoxy groups -OCH3 is 3. The van der Waals surface area contributed by atoms with Gasteiger partial charge in [0.05, 0.1) is 38.3 Å². The highest BCUT2D eigenvalue weighted by molar-refractivity contribution is 5.89. The van der Waals surface area contributed by atoms with Crippen LogP contribution in [0.15, 0.2) is 42.5 Å². The number of rotatable bonds is 6. The van der Waals surface area contributed by atoms with Crippen LogP contribution in [0.25, 0.3) is 11.4 Å². The third-order valence-corrected chi connectivity index (χ3v) is 5.78. The third-order valence-electron chi connectivity index (χ3n) is 5.78. The molecular formula is C24H27N3O4. The summed E-state index contributed by atoms with van der Waals surface area (Å²) in [7, 11) is 6.80. The van der Waals surface area contributed by atoms with Gasteiger partial charge in [0.1, 0.15) is 17.3 Å². The highest BCUT2D eigenvalue weighted by Crippen LogP contribution is 2.29. The van der Waals surface area contributed by atoms with Gasteiger partial charge in [0.15, 0.2) is 0 Å². The van der Waals surface area contributed by atoms with Crippen molar-refractivity contribution in [3.8, 4) is 22.9 Å². The van der Waals surface area contributed by atoms with E-state index >= 15 is 0 Å². The predicted octanol–water partition coefficient (Wildman–Crippen LogP) is 3.45. The van der Waals surface area contributed by atoms with Gasteiger partial charge in [-0.3, -0.25) is 4.90 Å². The number of hydrogen-bond donors (Lipinski definition) is 0. The maximum Gasteiger partial charge on any atom is 0.337 e. The smallest absolute Gasteiger partial charge is 0.337 e. The molecule has 1 aliphatic heterocycles. The molecule has 0 unspecified atom stereocenters. The lowest BCUT2D eigenvalue weighted by Gasteiger charge is -2.27. The molecule has 0 spiro atoms. The highest BCUT2D eigenvalue weighted by Gasteiger charge is 2.24. The molecule has 4 rings (SSSR count). The molecule has 0 bridgehead atoms. The molecular weight excluding hydrogens is 394 g/mol. The maximum absolute atomic E-state index is 11.7. The van der Waals surface area contributed by atoms with Gasteiger partial charge in [-0.2, -0.15) is 0 Å². The van der Waals surface area contributed by atoms with Gasteiger partial charge in [-0.15, -0.1) is 0 Å². The molecule has 7 heteroatoms. The van der Waals surface area contributed by atoms with E-state index < -0.39 is 0 Å². The zero-order valence-electron chi connectivity index (χ0n) is 18.3. The van der Waals surface area contributed by atoms with E-state index in [2.05, 4.69) is 9.47 Å². The van der Waals surface area contributed by atoms with Gasteiger partial charge in [0.2, 0.25) is 0 Å². The fourth-order valence-electron chi connectivity index (χ4n) is 4.05. The minimum atomic E-state index is -0.339.